The van der Waals surface area contributed by atoms with E-state index in [1.54, 1.807) is 0 Å². The summed E-state index contributed by atoms with van der Waals surface area (Å²) in [6, 6.07) is 0. The first kappa shape index (κ1) is 15.6. The third-order valence-corrected chi connectivity index (χ3v) is 4.53. The molecule has 1 saturated heterocycles. The van der Waals surface area contributed by atoms with Crippen LogP contribution in [0, 0.1) is 0 Å². The second-order valence-corrected chi connectivity index (χ2v) is 6.67. The number of aromatic nitrogens is 2. The fraction of sp³-hybridized carbons (Fsp3) is 0.733. The highest BCUT2D eigenvalue weighted by Gasteiger charge is 2.16. The number of nitrogens with one attached hydrogen (secondary N) is 1. The minimum Gasteiger partial charge on any atom is -0.368 e. The van der Waals surface area contributed by atoms with E-state index in [1.165, 1.54) is 23.6 Å². The van der Waals surface area contributed by atoms with Crippen molar-refractivity contribution >= 4 is 17.4 Å². The van der Waals surface area contributed by atoms with E-state index in [0.29, 0.717) is 5.92 Å². The number of thioether (sulfide) groups is 1. The first-order chi connectivity index (χ1) is 9.72. The second-order valence-electron chi connectivity index (χ2n) is 5.45. The van der Waals surface area contributed by atoms with Crippen molar-refractivity contribution in [1.82, 2.24) is 15.3 Å². The van der Waals surface area contributed by atoms with Crippen molar-refractivity contribution in [2.24, 2.45) is 0 Å². The summed E-state index contributed by atoms with van der Waals surface area (Å²) in [6.45, 7) is 10.5. The van der Waals surface area contributed by atoms with Gasteiger partial charge in [-0.1, -0.05) is 20.8 Å². The lowest BCUT2D eigenvalue weighted by atomic mass is 10.2. The van der Waals surface area contributed by atoms with Gasteiger partial charge in [0.05, 0.1) is 17.6 Å². The van der Waals surface area contributed by atoms with Gasteiger partial charge in [-0.25, -0.2) is 9.97 Å². The Morgan fingerprint density at radius 1 is 1.35 bits per heavy atom. The van der Waals surface area contributed by atoms with Gasteiger partial charge in [-0.2, -0.15) is 11.8 Å². The molecule has 1 aliphatic rings. The van der Waals surface area contributed by atoms with Gasteiger partial charge in [0.15, 0.2) is 0 Å². The van der Waals surface area contributed by atoms with E-state index in [0.717, 1.165) is 37.7 Å². The first-order valence-electron chi connectivity index (χ1n) is 7.61. The van der Waals surface area contributed by atoms with Crippen molar-refractivity contribution in [1.29, 1.82) is 0 Å². The summed E-state index contributed by atoms with van der Waals surface area (Å²) < 4.78 is 0. The fourth-order valence-electron chi connectivity index (χ4n) is 2.33. The van der Waals surface area contributed by atoms with E-state index in [-0.39, 0.29) is 0 Å². The lowest BCUT2D eigenvalue weighted by molar-refractivity contribution is 0.678. The molecule has 5 heteroatoms. The highest BCUT2D eigenvalue weighted by Crippen LogP contribution is 2.23. The maximum Gasteiger partial charge on any atom is 0.131 e. The molecule has 0 amide bonds. The van der Waals surface area contributed by atoms with Crippen LogP contribution in [0.2, 0.25) is 0 Å². The Hall–Kier alpha value is -0.810. The molecular weight excluding hydrogens is 268 g/mol. The van der Waals surface area contributed by atoms with E-state index in [1.807, 2.05) is 18.0 Å². The molecule has 0 aromatic carbocycles. The maximum absolute atomic E-state index is 4.79. The predicted molar refractivity (Wildman–Crippen MR) is 87.7 cm³/mol. The van der Waals surface area contributed by atoms with E-state index >= 15 is 0 Å². The van der Waals surface area contributed by atoms with Gasteiger partial charge in [-0.15, -0.1) is 0 Å². The molecule has 1 fully saturated rings. The SMILES string of the molecule is CCNCc1nc(C(C)C)ncc1N1CCCSCC1. The lowest BCUT2D eigenvalue weighted by Crippen LogP contribution is -2.28. The van der Waals surface area contributed by atoms with Crippen molar-refractivity contribution < 1.29 is 0 Å². The Labute approximate surface area is 126 Å². The van der Waals surface area contributed by atoms with Crippen LogP contribution in [0.4, 0.5) is 5.69 Å². The molecule has 1 aromatic heterocycles. The Morgan fingerprint density at radius 2 is 2.20 bits per heavy atom. The van der Waals surface area contributed by atoms with Crippen LogP contribution < -0.4 is 10.2 Å². The summed E-state index contributed by atoms with van der Waals surface area (Å²) >= 11 is 2.05. The summed E-state index contributed by atoms with van der Waals surface area (Å²) in [6.07, 6.45) is 3.28. The predicted octanol–water partition coefficient (Wildman–Crippen LogP) is 2.65. The molecule has 0 saturated carbocycles. The molecule has 112 valence electrons. The summed E-state index contributed by atoms with van der Waals surface area (Å²) in [5.74, 6) is 3.80. The van der Waals surface area contributed by atoms with Gasteiger partial charge < -0.3 is 10.2 Å². The van der Waals surface area contributed by atoms with E-state index < -0.39 is 0 Å². The molecule has 20 heavy (non-hydrogen) atoms. The zero-order valence-electron chi connectivity index (χ0n) is 12.9. The molecular formula is C15H26N4S. The van der Waals surface area contributed by atoms with Crippen LogP contribution >= 0.6 is 11.8 Å². The fourth-order valence-corrected chi connectivity index (χ4v) is 3.22. The number of hydrogen-bond donors (Lipinski definition) is 1. The molecule has 0 unspecified atom stereocenters. The highest BCUT2D eigenvalue weighted by atomic mass is 32.2. The minimum atomic E-state index is 0.379. The first-order valence-corrected chi connectivity index (χ1v) is 8.77. The van der Waals surface area contributed by atoms with Crippen LogP contribution in [0.3, 0.4) is 0 Å². The number of anilines is 1. The standard InChI is InChI=1S/C15H26N4S/c1-4-16-10-13-14(11-17-15(18-13)12(2)3)19-6-5-8-20-9-7-19/h11-12,16H,4-10H2,1-3H3. The lowest BCUT2D eigenvalue weighted by Gasteiger charge is -2.25. The van der Waals surface area contributed by atoms with Gasteiger partial charge in [0.25, 0.3) is 0 Å². The summed E-state index contributed by atoms with van der Waals surface area (Å²) in [5, 5.41) is 3.40. The topological polar surface area (TPSA) is 41.1 Å². The molecule has 0 aliphatic carbocycles. The third-order valence-electron chi connectivity index (χ3n) is 3.49. The quantitative estimate of drug-likeness (QED) is 0.904. The van der Waals surface area contributed by atoms with E-state index in [4.69, 9.17) is 4.98 Å². The maximum atomic E-state index is 4.79. The molecule has 1 N–H and O–H groups in total. The van der Waals surface area contributed by atoms with Gasteiger partial charge in [-0.3, -0.25) is 0 Å². The largest absolute Gasteiger partial charge is 0.368 e. The average molecular weight is 294 g/mol. The van der Waals surface area contributed by atoms with E-state index in [9.17, 15) is 0 Å². The number of hydrogen-bond acceptors (Lipinski definition) is 5. The normalized spacial score (nSPS) is 16.5. The minimum absolute atomic E-state index is 0.379. The molecule has 2 rings (SSSR count). The smallest absolute Gasteiger partial charge is 0.131 e. The highest BCUT2D eigenvalue weighted by molar-refractivity contribution is 7.99. The van der Waals surface area contributed by atoms with Crippen molar-refractivity contribution in [2.75, 3.05) is 36.0 Å². The monoisotopic (exact) mass is 294 g/mol. The van der Waals surface area contributed by atoms with Gasteiger partial charge in [0.2, 0.25) is 0 Å². The van der Waals surface area contributed by atoms with Gasteiger partial charge >= 0.3 is 0 Å². The van der Waals surface area contributed by atoms with Gasteiger partial charge in [0, 0.05) is 31.3 Å². The van der Waals surface area contributed by atoms with Crippen LogP contribution in [0.1, 0.15) is 44.6 Å². The van der Waals surface area contributed by atoms with Crippen LogP contribution in [0.25, 0.3) is 0 Å². The molecule has 0 bridgehead atoms. The van der Waals surface area contributed by atoms with E-state index in [2.05, 4.69) is 36.0 Å². The summed E-state index contributed by atoms with van der Waals surface area (Å²) in [5.41, 5.74) is 2.37. The van der Waals surface area contributed by atoms with Crippen LogP contribution in [0.5, 0.6) is 0 Å². The zero-order chi connectivity index (χ0) is 14.4. The summed E-state index contributed by atoms with van der Waals surface area (Å²) in [7, 11) is 0. The van der Waals surface area contributed by atoms with Crippen LogP contribution in [-0.2, 0) is 6.54 Å². The Kier molecular flexibility index (Phi) is 6.10. The Morgan fingerprint density at radius 3 is 2.95 bits per heavy atom. The van der Waals surface area contributed by atoms with Crippen LogP contribution in [0.15, 0.2) is 6.20 Å². The third kappa shape index (κ3) is 4.09. The molecule has 0 spiro atoms. The molecule has 1 aromatic rings. The number of nitrogens with zero attached hydrogens (tertiary/aromatic N) is 3. The molecule has 0 atom stereocenters. The molecule has 1 aliphatic heterocycles. The van der Waals surface area contributed by atoms with Gasteiger partial charge in [0.1, 0.15) is 5.82 Å². The average Bonchev–Trinajstić information content (AvgIpc) is 2.73. The molecule has 2 heterocycles. The van der Waals surface area contributed by atoms with Crippen molar-refractivity contribution in [2.45, 2.75) is 39.7 Å². The zero-order valence-corrected chi connectivity index (χ0v) is 13.7. The Bertz CT molecular complexity index is 414. The molecule has 4 nitrogen and oxygen atoms in total. The Balaban J connectivity index is 2.24. The van der Waals surface area contributed by atoms with Crippen molar-refractivity contribution in [3.63, 3.8) is 0 Å². The van der Waals surface area contributed by atoms with Crippen LogP contribution in [-0.4, -0.2) is 41.1 Å². The number of rotatable bonds is 5. The molecule has 0 radical (unpaired) electrons. The van der Waals surface area contributed by atoms with Crippen molar-refractivity contribution in [3.05, 3.63) is 17.7 Å². The van der Waals surface area contributed by atoms with Crippen molar-refractivity contribution in [3.8, 4) is 0 Å². The second kappa shape index (κ2) is 7.84. The van der Waals surface area contributed by atoms with Gasteiger partial charge in [-0.05, 0) is 18.7 Å². The summed E-state index contributed by atoms with van der Waals surface area (Å²) in [4.78, 5) is 11.8.